The summed E-state index contributed by atoms with van der Waals surface area (Å²) in [4.78, 5) is 10.4. The molecule has 2 heterocycles. The minimum absolute atomic E-state index is 0.226. The Morgan fingerprint density at radius 3 is 3.00 bits per heavy atom. The summed E-state index contributed by atoms with van der Waals surface area (Å²) in [6, 6.07) is 7.54. The van der Waals surface area contributed by atoms with Crippen molar-refractivity contribution < 1.29 is 5.11 Å². The van der Waals surface area contributed by atoms with Crippen molar-refractivity contribution in [1.29, 1.82) is 0 Å². The second-order valence-electron chi connectivity index (χ2n) is 5.59. The second kappa shape index (κ2) is 5.57. The average molecular weight is 311 g/mol. The van der Waals surface area contributed by atoms with Crippen molar-refractivity contribution in [2.45, 2.75) is 32.2 Å². The lowest BCUT2D eigenvalue weighted by atomic mass is 10.0. The highest BCUT2D eigenvalue weighted by atomic mass is 32.1. The van der Waals surface area contributed by atoms with Crippen molar-refractivity contribution in [2.75, 3.05) is 5.32 Å². The Balaban J connectivity index is 1.59. The van der Waals surface area contributed by atoms with Crippen LogP contribution in [0.3, 0.4) is 0 Å². The molecular formula is C17H17N3OS. The summed E-state index contributed by atoms with van der Waals surface area (Å²) in [5, 5.41) is 15.3. The van der Waals surface area contributed by atoms with Crippen LogP contribution in [0.5, 0.6) is 5.75 Å². The SMILES string of the molecule is Oc1ccc(CNc2nc3c(s2)CCCC3)c2cccnc12. The third-order valence-electron chi connectivity index (χ3n) is 4.11. The number of pyridine rings is 1. The van der Waals surface area contributed by atoms with Gasteiger partial charge in [-0.2, -0.15) is 0 Å². The minimum Gasteiger partial charge on any atom is -0.506 e. The van der Waals surface area contributed by atoms with Crippen molar-refractivity contribution >= 4 is 27.4 Å². The summed E-state index contributed by atoms with van der Waals surface area (Å²) < 4.78 is 0. The van der Waals surface area contributed by atoms with Gasteiger partial charge in [0, 0.05) is 23.0 Å². The van der Waals surface area contributed by atoms with Crippen LogP contribution in [0.15, 0.2) is 30.5 Å². The quantitative estimate of drug-likeness (QED) is 0.770. The summed E-state index contributed by atoms with van der Waals surface area (Å²) in [5.41, 5.74) is 3.05. The van der Waals surface area contributed by atoms with Gasteiger partial charge in [-0.05, 0) is 43.4 Å². The van der Waals surface area contributed by atoms with Crippen LogP contribution in [-0.2, 0) is 19.4 Å². The van der Waals surface area contributed by atoms with Gasteiger partial charge in [0.05, 0.1) is 5.69 Å². The number of phenols is 1. The van der Waals surface area contributed by atoms with Gasteiger partial charge in [0.25, 0.3) is 0 Å². The zero-order valence-electron chi connectivity index (χ0n) is 12.2. The Kier molecular flexibility index (Phi) is 3.42. The molecule has 0 bridgehead atoms. The van der Waals surface area contributed by atoms with Gasteiger partial charge in [-0.25, -0.2) is 4.98 Å². The number of hydrogen-bond acceptors (Lipinski definition) is 5. The van der Waals surface area contributed by atoms with Crippen LogP contribution in [0.25, 0.3) is 10.9 Å². The predicted molar refractivity (Wildman–Crippen MR) is 89.5 cm³/mol. The van der Waals surface area contributed by atoms with E-state index in [-0.39, 0.29) is 5.75 Å². The fraction of sp³-hybridized carbons (Fsp3) is 0.294. The first kappa shape index (κ1) is 13.5. The maximum atomic E-state index is 9.90. The number of thiazole rings is 1. The van der Waals surface area contributed by atoms with Crippen molar-refractivity contribution in [2.24, 2.45) is 0 Å². The molecular weight excluding hydrogens is 294 g/mol. The molecule has 3 aromatic rings. The van der Waals surface area contributed by atoms with E-state index >= 15 is 0 Å². The lowest BCUT2D eigenvalue weighted by Gasteiger charge is -2.08. The van der Waals surface area contributed by atoms with E-state index in [1.165, 1.54) is 29.8 Å². The number of nitrogens with one attached hydrogen (secondary N) is 1. The topological polar surface area (TPSA) is 58.0 Å². The molecule has 0 aliphatic heterocycles. The molecule has 4 rings (SSSR count). The van der Waals surface area contributed by atoms with E-state index in [0.717, 1.165) is 22.5 Å². The molecule has 0 radical (unpaired) electrons. The third-order valence-corrected chi connectivity index (χ3v) is 5.23. The van der Waals surface area contributed by atoms with Crippen molar-refractivity contribution in [1.82, 2.24) is 9.97 Å². The molecule has 2 N–H and O–H groups in total. The highest BCUT2D eigenvalue weighted by Crippen LogP contribution is 2.31. The summed E-state index contributed by atoms with van der Waals surface area (Å²) in [5.74, 6) is 0.226. The van der Waals surface area contributed by atoms with E-state index < -0.39 is 0 Å². The van der Waals surface area contributed by atoms with Crippen molar-refractivity contribution in [3.05, 3.63) is 46.6 Å². The smallest absolute Gasteiger partial charge is 0.183 e. The van der Waals surface area contributed by atoms with Gasteiger partial charge in [-0.15, -0.1) is 11.3 Å². The zero-order valence-corrected chi connectivity index (χ0v) is 13.0. The lowest BCUT2D eigenvalue weighted by Crippen LogP contribution is -2.01. The number of aromatic nitrogens is 2. The van der Waals surface area contributed by atoms with Crippen LogP contribution in [0.1, 0.15) is 29.0 Å². The molecule has 22 heavy (non-hydrogen) atoms. The van der Waals surface area contributed by atoms with E-state index in [1.807, 2.05) is 18.2 Å². The molecule has 0 saturated heterocycles. The number of aromatic hydroxyl groups is 1. The summed E-state index contributed by atoms with van der Waals surface area (Å²) in [7, 11) is 0. The minimum atomic E-state index is 0.226. The molecule has 0 atom stereocenters. The molecule has 5 heteroatoms. The molecule has 0 spiro atoms. The van der Waals surface area contributed by atoms with Gasteiger partial charge in [-0.1, -0.05) is 12.1 Å². The molecule has 1 aliphatic carbocycles. The van der Waals surface area contributed by atoms with E-state index in [9.17, 15) is 5.11 Å². The first-order chi connectivity index (χ1) is 10.8. The molecule has 0 unspecified atom stereocenters. The predicted octanol–water partition coefficient (Wildman–Crippen LogP) is 3.89. The van der Waals surface area contributed by atoms with Gasteiger partial charge in [0.15, 0.2) is 5.13 Å². The van der Waals surface area contributed by atoms with Crippen LogP contribution in [0.2, 0.25) is 0 Å². The van der Waals surface area contributed by atoms with E-state index in [4.69, 9.17) is 4.98 Å². The number of anilines is 1. The average Bonchev–Trinajstić information content (AvgIpc) is 2.97. The van der Waals surface area contributed by atoms with Gasteiger partial charge in [0.1, 0.15) is 11.3 Å². The Morgan fingerprint density at radius 1 is 1.18 bits per heavy atom. The van der Waals surface area contributed by atoms with Crippen LogP contribution >= 0.6 is 11.3 Å². The number of nitrogens with zero attached hydrogens (tertiary/aromatic N) is 2. The number of fused-ring (bicyclic) bond motifs is 2. The molecule has 0 amide bonds. The number of phenolic OH excluding ortho intramolecular Hbond substituents is 1. The van der Waals surface area contributed by atoms with Gasteiger partial charge < -0.3 is 10.4 Å². The Morgan fingerprint density at radius 2 is 2.09 bits per heavy atom. The highest BCUT2D eigenvalue weighted by Gasteiger charge is 2.15. The van der Waals surface area contributed by atoms with E-state index in [1.54, 1.807) is 23.6 Å². The Hall–Kier alpha value is -2.14. The van der Waals surface area contributed by atoms with E-state index in [2.05, 4.69) is 10.3 Å². The van der Waals surface area contributed by atoms with Crippen LogP contribution in [0.4, 0.5) is 5.13 Å². The molecule has 0 saturated carbocycles. The monoisotopic (exact) mass is 311 g/mol. The zero-order chi connectivity index (χ0) is 14.9. The number of hydrogen-bond donors (Lipinski definition) is 2. The normalized spacial score (nSPS) is 14.0. The molecule has 0 fully saturated rings. The van der Waals surface area contributed by atoms with E-state index in [0.29, 0.717) is 12.1 Å². The van der Waals surface area contributed by atoms with Crippen LogP contribution in [0, 0.1) is 0 Å². The van der Waals surface area contributed by atoms with Gasteiger partial charge >= 0.3 is 0 Å². The first-order valence-electron chi connectivity index (χ1n) is 7.59. The van der Waals surface area contributed by atoms with Crippen LogP contribution < -0.4 is 5.32 Å². The summed E-state index contributed by atoms with van der Waals surface area (Å²) in [6.45, 7) is 0.689. The van der Waals surface area contributed by atoms with Gasteiger partial charge in [0.2, 0.25) is 0 Å². The molecule has 4 nitrogen and oxygen atoms in total. The van der Waals surface area contributed by atoms with Crippen LogP contribution in [-0.4, -0.2) is 15.1 Å². The van der Waals surface area contributed by atoms with Gasteiger partial charge in [-0.3, -0.25) is 4.98 Å². The third kappa shape index (κ3) is 2.41. The first-order valence-corrected chi connectivity index (χ1v) is 8.41. The maximum Gasteiger partial charge on any atom is 0.183 e. The lowest BCUT2D eigenvalue weighted by molar-refractivity contribution is 0.480. The second-order valence-corrected chi connectivity index (χ2v) is 6.68. The fourth-order valence-corrected chi connectivity index (χ4v) is 4.01. The summed E-state index contributed by atoms with van der Waals surface area (Å²) >= 11 is 1.78. The fourth-order valence-electron chi connectivity index (χ4n) is 2.97. The molecule has 1 aromatic carbocycles. The standard InChI is InChI=1S/C17H17N3OS/c21-14-8-7-11(12-4-3-9-18-16(12)14)10-19-17-20-13-5-1-2-6-15(13)22-17/h3-4,7-9,21H,1-2,5-6,10H2,(H,19,20). The number of benzene rings is 1. The molecule has 112 valence electrons. The Bertz CT molecular complexity index is 804. The van der Waals surface area contributed by atoms with Crippen molar-refractivity contribution in [3.63, 3.8) is 0 Å². The van der Waals surface area contributed by atoms with Crippen molar-refractivity contribution in [3.8, 4) is 5.75 Å². The highest BCUT2D eigenvalue weighted by molar-refractivity contribution is 7.15. The largest absolute Gasteiger partial charge is 0.506 e. The summed E-state index contributed by atoms with van der Waals surface area (Å²) in [6.07, 6.45) is 6.52. The maximum absolute atomic E-state index is 9.90. The number of aryl methyl sites for hydroxylation is 2. The number of rotatable bonds is 3. The Labute approximate surface area is 132 Å². The molecule has 1 aliphatic rings. The molecule has 2 aromatic heterocycles.